The molecule has 1 aliphatic carbocycles. The van der Waals surface area contributed by atoms with Crippen molar-refractivity contribution in [1.82, 2.24) is 9.80 Å². The van der Waals surface area contributed by atoms with Crippen LogP contribution >= 0.6 is 0 Å². The second-order valence-electron chi connectivity index (χ2n) is 6.79. The summed E-state index contributed by atoms with van der Waals surface area (Å²) in [5, 5.41) is 9.33. The van der Waals surface area contributed by atoms with Crippen LogP contribution in [0.3, 0.4) is 0 Å². The zero-order valence-corrected chi connectivity index (χ0v) is 13.2. The SMILES string of the molecule is CCC(N)(CO)CCCN1CCN(C2CCCC2)CC1. The number of piperazine rings is 1. The highest BCUT2D eigenvalue weighted by molar-refractivity contribution is 4.84. The van der Waals surface area contributed by atoms with Crippen LogP contribution in [-0.2, 0) is 0 Å². The molecule has 1 saturated heterocycles. The van der Waals surface area contributed by atoms with Crippen molar-refractivity contribution in [1.29, 1.82) is 0 Å². The van der Waals surface area contributed by atoms with Crippen molar-refractivity contribution in [2.75, 3.05) is 39.3 Å². The Balaban J connectivity index is 1.62. The first kappa shape index (κ1) is 16.2. The second kappa shape index (κ2) is 7.74. The molecule has 3 N–H and O–H groups in total. The highest BCUT2D eigenvalue weighted by atomic mass is 16.3. The van der Waals surface area contributed by atoms with Crippen molar-refractivity contribution >= 4 is 0 Å². The first-order valence-electron chi connectivity index (χ1n) is 8.53. The van der Waals surface area contributed by atoms with Crippen LogP contribution in [0.15, 0.2) is 0 Å². The summed E-state index contributed by atoms with van der Waals surface area (Å²) in [7, 11) is 0. The number of rotatable bonds is 7. The largest absolute Gasteiger partial charge is 0.394 e. The number of aliphatic hydroxyl groups excluding tert-OH is 1. The van der Waals surface area contributed by atoms with Gasteiger partial charge in [0.2, 0.25) is 0 Å². The van der Waals surface area contributed by atoms with Crippen molar-refractivity contribution < 1.29 is 5.11 Å². The lowest BCUT2D eigenvalue weighted by atomic mass is 9.92. The molecule has 1 saturated carbocycles. The van der Waals surface area contributed by atoms with Gasteiger partial charge in [-0.2, -0.15) is 0 Å². The van der Waals surface area contributed by atoms with E-state index in [4.69, 9.17) is 5.73 Å². The molecular formula is C16H33N3O. The number of hydrogen-bond donors (Lipinski definition) is 2. The number of aliphatic hydroxyl groups is 1. The first-order chi connectivity index (χ1) is 9.67. The summed E-state index contributed by atoms with van der Waals surface area (Å²) < 4.78 is 0. The number of nitrogens with two attached hydrogens (primary N) is 1. The Morgan fingerprint density at radius 2 is 1.80 bits per heavy atom. The minimum absolute atomic E-state index is 0.110. The molecule has 2 aliphatic rings. The minimum Gasteiger partial charge on any atom is -0.394 e. The monoisotopic (exact) mass is 283 g/mol. The van der Waals surface area contributed by atoms with Crippen molar-refractivity contribution in [3.05, 3.63) is 0 Å². The molecule has 118 valence electrons. The third-order valence-electron chi connectivity index (χ3n) is 5.42. The standard InChI is InChI=1S/C16H33N3O/c1-2-16(17,14-20)8-5-9-18-10-12-19(13-11-18)15-6-3-4-7-15/h15,20H,2-14,17H2,1H3. The normalized spacial score (nSPS) is 25.9. The maximum Gasteiger partial charge on any atom is 0.0611 e. The molecule has 2 fully saturated rings. The van der Waals surface area contributed by atoms with Crippen LogP contribution in [0.25, 0.3) is 0 Å². The van der Waals surface area contributed by atoms with E-state index in [0.717, 1.165) is 31.8 Å². The molecule has 0 bridgehead atoms. The zero-order chi connectivity index (χ0) is 14.4. The van der Waals surface area contributed by atoms with Crippen LogP contribution in [0, 0.1) is 0 Å². The summed E-state index contributed by atoms with van der Waals surface area (Å²) in [6, 6.07) is 0.878. The summed E-state index contributed by atoms with van der Waals surface area (Å²) in [6.07, 6.45) is 8.60. The molecule has 1 unspecified atom stereocenters. The van der Waals surface area contributed by atoms with Crippen molar-refractivity contribution in [2.24, 2.45) is 5.73 Å². The molecule has 0 radical (unpaired) electrons. The van der Waals surface area contributed by atoms with Gasteiger partial charge < -0.3 is 15.7 Å². The molecule has 0 spiro atoms. The van der Waals surface area contributed by atoms with Crippen molar-refractivity contribution in [3.63, 3.8) is 0 Å². The lowest BCUT2D eigenvalue weighted by molar-refractivity contribution is 0.0934. The Morgan fingerprint density at radius 1 is 1.15 bits per heavy atom. The van der Waals surface area contributed by atoms with Crippen LogP contribution < -0.4 is 5.73 Å². The molecule has 2 rings (SSSR count). The summed E-state index contributed by atoms with van der Waals surface area (Å²) >= 11 is 0. The van der Waals surface area contributed by atoms with Gasteiger partial charge in [-0.25, -0.2) is 0 Å². The van der Waals surface area contributed by atoms with E-state index in [2.05, 4.69) is 16.7 Å². The highest BCUT2D eigenvalue weighted by Crippen LogP contribution is 2.24. The molecule has 1 heterocycles. The molecule has 4 heteroatoms. The molecule has 0 aromatic carbocycles. The summed E-state index contributed by atoms with van der Waals surface area (Å²) in [4.78, 5) is 5.27. The Hall–Kier alpha value is -0.160. The molecule has 1 aliphatic heterocycles. The van der Waals surface area contributed by atoms with Gasteiger partial charge in [0.05, 0.1) is 6.61 Å². The van der Waals surface area contributed by atoms with Crippen LogP contribution in [-0.4, -0.2) is 65.8 Å². The molecule has 20 heavy (non-hydrogen) atoms. The highest BCUT2D eigenvalue weighted by Gasteiger charge is 2.26. The Morgan fingerprint density at radius 3 is 2.35 bits per heavy atom. The van der Waals surface area contributed by atoms with Gasteiger partial charge in [-0.3, -0.25) is 4.90 Å². The van der Waals surface area contributed by atoms with Crippen LogP contribution in [0.2, 0.25) is 0 Å². The maximum atomic E-state index is 9.33. The number of hydrogen-bond acceptors (Lipinski definition) is 4. The van der Waals surface area contributed by atoms with Gasteiger partial charge in [0, 0.05) is 37.8 Å². The van der Waals surface area contributed by atoms with E-state index >= 15 is 0 Å². The average molecular weight is 283 g/mol. The van der Waals surface area contributed by atoms with Gasteiger partial charge in [0.25, 0.3) is 0 Å². The van der Waals surface area contributed by atoms with E-state index in [0.29, 0.717) is 0 Å². The predicted octanol–water partition coefficient (Wildman–Crippen LogP) is 1.43. The van der Waals surface area contributed by atoms with Gasteiger partial charge in [-0.05, 0) is 38.6 Å². The van der Waals surface area contributed by atoms with Gasteiger partial charge in [0.15, 0.2) is 0 Å². The fourth-order valence-corrected chi connectivity index (χ4v) is 3.64. The fourth-order valence-electron chi connectivity index (χ4n) is 3.64. The van der Waals surface area contributed by atoms with Gasteiger partial charge in [0.1, 0.15) is 0 Å². The van der Waals surface area contributed by atoms with E-state index < -0.39 is 0 Å². The van der Waals surface area contributed by atoms with Crippen molar-refractivity contribution in [2.45, 2.75) is 63.5 Å². The average Bonchev–Trinajstić information content (AvgIpc) is 3.02. The van der Waals surface area contributed by atoms with Crippen LogP contribution in [0.4, 0.5) is 0 Å². The Bertz CT molecular complexity index is 267. The molecule has 4 nitrogen and oxygen atoms in total. The topological polar surface area (TPSA) is 52.7 Å². The fraction of sp³-hybridized carbons (Fsp3) is 1.00. The Labute approximate surface area is 124 Å². The Kier molecular flexibility index (Phi) is 6.27. The second-order valence-corrected chi connectivity index (χ2v) is 6.79. The van der Waals surface area contributed by atoms with Gasteiger partial charge in [-0.15, -0.1) is 0 Å². The quantitative estimate of drug-likeness (QED) is 0.742. The number of nitrogens with zero attached hydrogens (tertiary/aromatic N) is 2. The zero-order valence-electron chi connectivity index (χ0n) is 13.2. The van der Waals surface area contributed by atoms with E-state index in [1.54, 1.807) is 0 Å². The van der Waals surface area contributed by atoms with Crippen LogP contribution in [0.1, 0.15) is 51.9 Å². The van der Waals surface area contributed by atoms with E-state index in [1.807, 2.05) is 0 Å². The van der Waals surface area contributed by atoms with E-state index in [9.17, 15) is 5.11 Å². The lowest BCUT2D eigenvalue weighted by Crippen LogP contribution is -2.50. The molecule has 1 atom stereocenters. The molecular weight excluding hydrogens is 250 g/mol. The summed E-state index contributed by atoms with van der Waals surface area (Å²) in [5.41, 5.74) is 5.78. The van der Waals surface area contributed by atoms with Gasteiger partial charge >= 0.3 is 0 Å². The van der Waals surface area contributed by atoms with Gasteiger partial charge in [-0.1, -0.05) is 19.8 Å². The van der Waals surface area contributed by atoms with E-state index in [1.165, 1.54) is 51.9 Å². The smallest absolute Gasteiger partial charge is 0.0611 e. The third-order valence-corrected chi connectivity index (χ3v) is 5.42. The maximum absolute atomic E-state index is 9.33. The lowest BCUT2D eigenvalue weighted by Gasteiger charge is -2.38. The summed E-state index contributed by atoms with van der Waals surface area (Å²) in [5.74, 6) is 0. The molecule has 0 aromatic rings. The predicted molar refractivity (Wildman–Crippen MR) is 83.8 cm³/mol. The van der Waals surface area contributed by atoms with Crippen molar-refractivity contribution in [3.8, 4) is 0 Å². The minimum atomic E-state index is -0.355. The third kappa shape index (κ3) is 4.42. The van der Waals surface area contributed by atoms with Crippen LogP contribution in [0.5, 0.6) is 0 Å². The molecule has 0 amide bonds. The first-order valence-corrected chi connectivity index (χ1v) is 8.53. The summed E-state index contributed by atoms with van der Waals surface area (Å²) in [6.45, 7) is 8.21. The molecule has 0 aromatic heterocycles. The van der Waals surface area contributed by atoms with E-state index in [-0.39, 0.29) is 12.1 Å².